The van der Waals surface area contributed by atoms with Crippen LogP contribution < -0.4 is 15.4 Å². The highest BCUT2D eigenvalue weighted by atomic mass is 16.5. The fraction of sp³-hybridized carbons (Fsp3) is 0.667. The third-order valence-electron chi connectivity index (χ3n) is 4.75. The van der Waals surface area contributed by atoms with E-state index in [-0.39, 0.29) is 0 Å². The summed E-state index contributed by atoms with van der Waals surface area (Å²) in [7, 11) is 4.09. The van der Waals surface area contributed by atoms with Gasteiger partial charge in [-0.3, -0.25) is 4.90 Å². The number of likely N-dealkylation sites (N-methyl/N-ethyl adjacent to an activating group) is 1. The molecule has 1 aliphatic rings. The van der Waals surface area contributed by atoms with Crippen molar-refractivity contribution >= 4 is 5.96 Å². The van der Waals surface area contributed by atoms with E-state index < -0.39 is 0 Å². The van der Waals surface area contributed by atoms with Gasteiger partial charge < -0.3 is 25.0 Å². The Morgan fingerprint density at radius 1 is 1.25 bits per heavy atom. The van der Waals surface area contributed by atoms with Gasteiger partial charge in [-0.1, -0.05) is 18.2 Å². The normalized spacial score (nSPS) is 16.8. The Balaban J connectivity index is 1.90. The summed E-state index contributed by atoms with van der Waals surface area (Å²) in [6.45, 7) is 11.8. The van der Waals surface area contributed by atoms with Crippen molar-refractivity contribution in [3.8, 4) is 5.75 Å². The predicted octanol–water partition coefficient (Wildman–Crippen LogP) is 1.40. The number of nitrogens with zero attached hydrogens (tertiary/aromatic N) is 3. The molecule has 1 aromatic rings. The van der Waals surface area contributed by atoms with Gasteiger partial charge in [-0.25, -0.2) is 4.99 Å². The van der Waals surface area contributed by atoms with Gasteiger partial charge >= 0.3 is 0 Å². The minimum absolute atomic E-state index is 0.439. The Kier molecular flexibility index (Phi) is 10.1. The number of benzene rings is 1. The lowest BCUT2D eigenvalue weighted by atomic mass is 10.2. The number of rotatable bonds is 10. The van der Waals surface area contributed by atoms with Crippen molar-refractivity contribution < 1.29 is 9.47 Å². The summed E-state index contributed by atoms with van der Waals surface area (Å²) in [5.41, 5.74) is 1.10. The first-order valence-corrected chi connectivity index (χ1v) is 10.3. The number of nitrogens with one attached hydrogen (secondary N) is 2. The zero-order valence-corrected chi connectivity index (χ0v) is 17.9. The number of ether oxygens (including phenoxy) is 2. The summed E-state index contributed by atoms with van der Waals surface area (Å²) >= 11 is 0. The number of hydrogen-bond donors (Lipinski definition) is 2. The summed E-state index contributed by atoms with van der Waals surface area (Å²) < 4.78 is 11.4. The minimum Gasteiger partial charge on any atom is -0.492 e. The maximum Gasteiger partial charge on any atom is 0.191 e. The Hall–Kier alpha value is -1.83. The number of aliphatic imine (C=N–C) groups is 1. The first kappa shape index (κ1) is 22.5. The van der Waals surface area contributed by atoms with Crippen molar-refractivity contribution in [2.75, 3.05) is 66.6 Å². The summed E-state index contributed by atoms with van der Waals surface area (Å²) in [6, 6.07) is 8.57. The molecule has 1 saturated heterocycles. The first-order valence-electron chi connectivity index (χ1n) is 10.3. The molecule has 1 unspecified atom stereocenters. The van der Waals surface area contributed by atoms with Crippen molar-refractivity contribution in [3.63, 3.8) is 0 Å². The van der Waals surface area contributed by atoms with E-state index in [9.17, 15) is 0 Å². The topological polar surface area (TPSA) is 61.4 Å². The third-order valence-corrected chi connectivity index (χ3v) is 4.75. The summed E-state index contributed by atoms with van der Waals surface area (Å²) in [4.78, 5) is 9.33. The highest BCUT2D eigenvalue weighted by Crippen LogP contribution is 2.18. The predicted molar refractivity (Wildman–Crippen MR) is 115 cm³/mol. The fourth-order valence-electron chi connectivity index (χ4n) is 3.01. The maximum absolute atomic E-state index is 5.95. The molecule has 7 nitrogen and oxygen atoms in total. The molecule has 2 rings (SSSR count). The second-order valence-corrected chi connectivity index (χ2v) is 7.33. The van der Waals surface area contributed by atoms with Gasteiger partial charge in [-0.05, 0) is 34.0 Å². The molecule has 0 radical (unpaired) electrons. The molecule has 0 aliphatic carbocycles. The van der Waals surface area contributed by atoms with Gasteiger partial charge in [0.25, 0.3) is 0 Å². The Morgan fingerprint density at radius 2 is 2.00 bits per heavy atom. The van der Waals surface area contributed by atoms with Crippen LogP contribution in [0.25, 0.3) is 0 Å². The van der Waals surface area contributed by atoms with Crippen LogP contribution in [0.1, 0.15) is 19.4 Å². The minimum atomic E-state index is 0.439. The lowest BCUT2D eigenvalue weighted by molar-refractivity contribution is 0.0211. The molecule has 1 aromatic carbocycles. The Morgan fingerprint density at radius 3 is 2.71 bits per heavy atom. The van der Waals surface area contributed by atoms with E-state index in [4.69, 9.17) is 14.5 Å². The molecule has 0 spiro atoms. The van der Waals surface area contributed by atoms with Crippen LogP contribution >= 0.6 is 0 Å². The van der Waals surface area contributed by atoms with Crippen molar-refractivity contribution in [2.24, 2.45) is 4.99 Å². The van der Waals surface area contributed by atoms with Crippen molar-refractivity contribution in [1.29, 1.82) is 0 Å². The van der Waals surface area contributed by atoms with Crippen LogP contribution in [0.2, 0.25) is 0 Å². The lowest BCUT2D eigenvalue weighted by Gasteiger charge is -2.32. The van der Waals surface area contributed by atoms with Crippen molar-refractivity contribution in [1.82, 2.24) is 20.4 Å². The van der Waals surface area contributed by atoms with E-state index in [0.29, 0.717) is 19.2 Å². The first-order chi connectivity index (χ1) is 13.6. The maximum atomic E-state index is 5.95. The standard InChI is InChI=1S/C21H37N5O2/c1-5-22-21(23-16-18(2)26-11-13-27-14-12-26)24-17-19-8-6-7-9-20(19)28-15-10-25(3)4/h6-9,18H,5,10-17H2,1-4H3,(H2,22,23,24). The van der Waals surface area contributed by atoms with Crippen LogP contribution in [-0.4, -0.2) is 88.4 Å². The molecule has 2 N–H and O–H groups in total. The zero-order chi connectivity index (χ0) is 20.2. The fourth-order valence-corrected chi connectivity index (χ4v) is 3.01. The second-order valence-electron chi connectivity index (χ2n) is 7.33. The second kappa shape index (κ2) is 12.6. The van der Waals surface area contributed by atoms with Crippen molar-refractivity contribution in [2.45, 2.75) is 26.4 Å². The van der Waals surface area contributed by atoms with Crippen LogP contribution in [0.3, 0.4) is 0 Å². The number of hydrogen-bond acceptors (Lipinski definition) is 5. The van der Waals surface area contributed by atoms with Crippen LogP contribution in [0.15, 0.2) is 29.3 Å². The molecule has 0 saturated carbocycles. The molecule has 1 atom stereocenters. The van der Waals surface area contributed by atoms with Crippen LogP contribution in [0.5, 0.6) is 5.75 Å². The molecule has 28 heavy (non-hydrogen) atoms. The van der Waals surface area contributed by atoms with Gasteiger partial charge in [-0.15, -0.1) is 0 Å². The molecule has 1 aliphatic heterocycles. The molecule has 0 aromatic heterocycles. The largest absolute Gasteiger partial charge is 0.492 e. The number of guanidine groups is 1. The third kappa shape index (κ3) is 8.04. The quantitative estimate of drug-likeness (QED) is 0.464. The van der Waals surface area contributed by atoms with E-state index in [1.165, 1.54) is 0 Å². The van der Waals surface area contributed by atoms with Crippen molar-refractivity contribution in [3.05, 3.63) is 29.8 Å². The molecular weight excluding hydrogens is 354 g/mol. The average Bonchev–Trinajstić information content (AvgIpc) is 2.71. The molecular formula is C21H37N5O2. The molecule has 158 valence electrons. The van der Waals surface area contributed by atoms with Crippen LogP contribution in [-0.2, 0) is 11.3 Å². The van der Waals surface area contributed by atoms with Gasteiger partial charge in [0, 0.05) is 44.3 Å². The Labute approximate surface area is 170 Å². The van der Waals surface area contributed by atoms with Gasteiger partial charge in [0.15, 0.2) is 5.96 Å². The Bertz CT molecular complexity index is 588. The highest BCUT2D eigenvalue weighted by molar-refractivity contribution is 5.79. The number of morpholine rings is 1. The number of para-hydroxylation sites is 1. The summed E-state index contributed by atoms with van der Waals surface area (Å²) in [5, 5.41) is 6.81. The van der Waals surface area contributed by atoms with Gasteiger partial charge in [0.05, 0.1) is 19.8 Å². The van der Waals surface area contributed by atoms with Gasteiger partial charge in [0.1, 0.15) is 12.4 Å². The van der Waals surface area contributed by atoms with Gasteiger partial charge in [-0.2, -0.15) is 0 Å². The monoisotopic (exact) mass is 391 g/mol. The highest BCUT2D eigenvalue weighted by Gasteiger charge is 2.17. The molecule has 7 heteroatoms. The molecule has 0 amide bonds. The molecule has 1 fully saturated rings. The van der Waals surface area contributed by atoms with Gasteiger partial charge in [0.2, 0.25) is 0 Å². The van der Waals surface area contributed by atoms with E-state index in [2.05, 4.69) is 40.3 Å². The molecule has 0 bridgehead atoms. The molecule has 1 heterocycles. The lowest BCUT2D eigenvalue weighted by Crippen LogP contribution is -2.49. The van der Waals surface area contributed by atoms with E-state index in [1.54, 1.807) is 0 Å². The SMILES string of the molecule is CCNC(=NCc1ccccc1OCCN(C)C)NCC(C)N1CCOCC1. The average molecular weight is 392 g/mol. The summed E-state index contributed by atoms with van der Waals surface area (Å²) in [6.07, 6.45) is 0. The van der Waals surface area contributed by atoms with E-state index in [0.717, 1.165) is 63.2 Å². The van der Waals surface area contributed by atoms with E-state index in [1.807, 2.05) is 32.3 Å². The van der Waals surface area contributed by atoms with E-state index >= 15 is 0 Å². The van der Waals surface area contributed by atoms with Crippen LogP contribution in [0.4, 0.5) is 0 Å². The zero-order valence-electron chi connectivity index (χ0n) is 17.9. The summed E-state index contributed by atoms with van der Waals surface area (Å²) in [5.74, 6) is 1.75. The van der Waals surface area contributed by atoms with Crippen LogP contribution in [0, 0.1) is 0 Å². The smallest absolute Gasteiger partial charge is 0.191 e.